The molecule has 74 valence electrons. The Labute approximate surface area is 84.6 Å². The monoisotopic (exact) mass is 198 g/mol. The molecule has 0 spiro atoms. The molecule has 0 aliphatic carbocycles. The molecule has 2 rings (SSSR count). The number of hydrogen-bond acceptors (Lipinski definition) is 3. The molecule has 1 aromatic rings. The average Bonchev–Trinajstić information content (AvgIpc) is 2.48. The van der Waals surface area contributed by atoms with Gasteiger partial charge in [0.1, 0.15) is 0 Å². The standard InChI is InChI=1S/C8H12N2S.C2H6/c1-6-9-7-5-10(2)4-3-8(7)11-6;1-2/h3-5H2,1-2H3;1-2H3. The van der Waals surface area contributed by atoms with Gasteiger partial charge in [-0.05, 0) is 20.4 Å². The fraction of sp³-hybridized carbons (Fsp3) is 0.700. The van der Waals surface area contributed by atoms with Crippen LogP contribution in [0.1, 0.15) is 29.4 Å². The number of nitrogens with zero attached hydrogens (tertiary/aromatic N) is 2. The fourth-order valence-electron chi connectivity index (χ4n) is 1.46. The highest BCUT2D eigenvalue weighted by Crippen LogP contribution is 2.23. The molecular weight excluding hydrogens is 180 g/mol. The molecule has 0 saturated carbocycles. The van der Waals surface area contributed by atoms with E-state index < -0.39 is 0 Å². The predicted octanol–water partition coefficient (Wildman–Crippen LogP) is 2.47. The smallest absolute Gasteiger partial charge is 0.0900 e. The van der Waals surface area contributed by atoms with Crippen LogP contribution in [0, 0.1) is 6.92 Å². The zero-order valence-electron chi connectivity index (χ0n) is 8.92. The van der Waals surface area contributed by atoms with Crippen molar-refractivity contribution in [3.05, 3.63) is 15.6 Å². The van der Waals surface area contributed by atoms with Crippen LogP contribution >= 0.6 is 11.3 Å². The van der Waals surface area contributed by atoms with Crippen LogP contribution in [0.25, 0.3) is 0 Å². The van der Waals surface area contributed by atoms with Crippen LogP contribution in [0.4, 0.5) is 0 Å². The fourth-order valence-corrected chi connectivity index (χ4v) is 2.39. The van der Waals surface area contributed by atoms with Crippen molar-refractivity contribution in [3.8, 4) is 0 Å². The summed E-state index contributed by atoms with van der Waals surface area (Å²) in [4.78, 5) is 8.30. The van der Waals surface area contributed by atoms with Gasteiger partial charge in [-0.25, -0.2) is 4.98 Å². The van der Waals surface area contributed by atoms with Crippen LogP contribution in [0.3, 0.4) is 0 Å². The lowest BCUT2D eigenvalue weighted by Gasteiger charge is -2.20. The van der Waals surface area contributed by atoms with Crippen molar-refractivity contribution in [1.29, 1.82) is 0 Å². The van der Waals surface area contributed by atoms with E-state index in [9.17, 15) is 0 Å². The molecule has 0 saturated heterocycles. The number of hydrogen-bond donors (Lipinski definition) is 0. The maximum Gasteiger partial charge on any atom is 0.0900 e. The van der Waals surface area contributed by atoms with E-state index >= 15 is 0 Å². The van der Waals surface area contributed by atoms with Crippen LogP contribution in [0.15, 0.2) is 0 Å². The van der Waals surface area contributed by atoms with E-state index in [1.54, 1.807) is 0 Å². The van der Waals surface area contributed by atoms with E-state index in [-0.39, 0.29) is 0 Å². The summed E-state index contributed by atoms with van der Waals surface area (Å²) in [6, 6.07) is 0. The van der Waals surface area contributed by atoms with Crippen LogP contribution in [0.5, 0.6) is 0 Å². The molecule has 0 amide bonds. The Morgan fingerprint density at radius 3 is 2.77 bits per heavy atom. The maximum absolute atomic E-state index is 4.48. The van der Waals surface area contributed by atoms with Gasteiger partial charge in [0.15, 0.2) is 0 Å². The quantitative estimate of drug-likeness (QED) is 0.636. The summed E-state index contributed by atoms with van der Waals surface area (Å²) in [5.74, 6) is 0. The van der Waals surface area contributed by atoms with Gasteiger partial charge in [0.05, 0.1) is 10.7 Å². The van der Waals surface area contributed by atoms with Gasteiger partial charge in [0.2, 0.25) is 0 Å². The molecule has 3 heteroatoms. The molecule has 0 atom stereocenters. The number of likely N-dealkylation sites (N-methyl/N-ethyl adjacent to an activating group) is 1. The lowest BCUT2D eigenvalue weighted by Crippen LogP contribution is -2.25. The first-order chi connectivity index (χ1) is 6.25. The van der Waals surface area contributed by atoms with Gasteiger partial charge in [-0.15, -0.1) is 11.3 Å². The minimum Gasteiger partial charge on any atom is -0.300 e. The second-order valence-electron chi connectivity index (χ2n) is 3.09. The summed E-state index contributed by atoms with van der Waals surface area (Å²) in [6.45, 7) is 8.32. The van der Waals surface area contributed by atoms with Crippen molar-refractivity contribution < 1.29 is 0 Å². The lowest BCUT2D eigenvalue weighted by molar-refractivity contribution is 0.310. The Bertz CT molecular complexity index is 268. The van der Waals surface area contributed by atoms with Crippen LogP contribution in [0.2, 0.25) is 0 Å². The number of rotatable bonds is 0. The summed E-state index contributed by atoms with van der Waals surface area (Å²) in [5, 5.41) is 1.21. The summed E-state index contributed by atoms with van der Waals surface area (Å²) in [7, 11) is 2.15. The molecule has 0 N–H and O–H groups in total. The first-order valence-corrected chi connectivity index (χ1v) is 5.71. The summed E-state index contributed by atoms with van der Waals surface area (Å²) in [6.07, 6.45) is 1.19. The topological polar surface area (TPSA) is 16.1 Å². The second kappa shape index (κ2) is 4.72. The molecule has 2 heterocycles. The largest absolute Gasteiger partial charge is 0.300 e. The second-order valence-corrected chi connectivity index (χ2v) is 4.38. The van der Waals surface area contributed by atoms with E-state index in [0.29, 0.717) is 0 Å². The Balaban J connectivity index is 0.000000396. The first kappa shape index (κ1) is 10.7. The molecule has 0 aromatic carbocycles. The molecule has 1 aliphatic heterocycles. The summed E-state index contributed by atoms with van der Waals surface area (Å²) < 4.78 is 0. The molecule has 13 heavy (non-hydrogen) atoms. The highest BCUT2D eigenvalue weighted by atomic mass is 32.1. The zero-order valence-corrected chi connectivity index (χ0v) is 9.74. The Morgan fingerprint density at radius 2 is 2.08 bits per heavy atom. The number of thiazole rings is 1. The zero-order chi connectivity index (χ0) is 9.84. The van der Waals surface area contributed by atoms with E-state index in [1.165, 1.54) is 28.5 Å². The van der Waals surface area contributed by atoms with E-state index in [0.717, 1.165) is 6.54 Å². The van der Waals surface area contributed by atoms with Gasteiger partial charge < -0.3 is 4.90 Å². The maximum atomic E-state index is 4.48. The third-order valence-electron chi connectivity index (χ3n) is 2.03. The molecule has 1 aliphatic rings. The van der Waals surface area contributed by atoms with E-state index in [1.807, 2.05) is 25.2 Å². The van der Waals surface area contributed by atoms with E-state index in [2.05, 4.69) is 23.9 Å². The molecule has 0 bridgehead atoms. The molecule has 0 fully saturated rings. The Kier molecular flexibility index (Phi) is 3.88. The van der Waals surface area contributed by atoms with Crippen molar-refractivity contribution in [1.82, 2.24) is 9.88 Å². The number of aryl methyl sites for hydroxylation is 1. The SMILES string of the molecule is CC.Cc1nc2c(s1)CCN(C)C2. The third-order valence-corrected chi connectivity index (χ3v) is 3.10. The van der Waals surface area contributed by atoms with Gasteiger partial charge in [-0.2, -0.15) is 0 Å². The summed E-state index contributed by atoms with van der Waals surface area (Å²) in [5.41, 5.74) is 1.31. The summed E-state index contributed by atoms with van der Waals surface area (Å²) >= 11 is 1.85. The number of fused-ring (bicyclic) bond motifs is 1. The molecule has 1 aromatic heterocycles. The van der Waals surface area contributed by atoms with Gasteiger partial charge in [0, 0.05) is 18.0 Å². The molecule has 0 radical (unpaired) electrons. The van der Waals surface area contributed by atoms with Crippen molar-refractivity contribution in [2.75, 3.05) is 13.6 Å². The van der Waals surface area contributed by atoms with Crippen molar-refractivity contribution in [2.24, 2.45) is 0 Å². The van der Waals surface area contributed by atoms with Gasteiger partial charge >= 0.3 is 0 Å². The highest BCUT2D eigenvalue weighted by Gasteiger charge is 2.16. The minimum atomic E-state index is 1.04. The van der Waals surface area contributed by atoms with E-state index in [4.69, 9.17) is 0 Å². The molecule has 2 nitrogen and oxygen atoms in total. The highest BCUT2D eigenvalue weighted by molar-refractivity contribution is 7.11. The molecule has 0 unspecified atom stereocenters. The normalized spacial score (nSPS) is 16.0. The molecular formula is C10H18N2S. The van der Waals surface area contributed by atoms with Crippen LogP contribution in [-0.4, -0.2) is 23.5 Å². The van der Waals surface area contributed by atoms with Crippen molar-refractivity contribution >= 4 is 11.3 Å². The Hall–Kier alpha value is -0.410. The van der Waals surface area contributed by atoms with Gasteiger partial charge in [-0.1, -0.05) is 13.8 Å². The number of aromatic nitrogens is 1. The first-order valence-electron chi connectivity index (χ1n) is 4.89. The van der Waals surface area contributed by atoms with Crippen molar-refractivity contribution in [2.45, 2.75) is 33.7 Å². The average molecular weight is 198 g/mol. The van der Waals surface area contributed by atoms with Crippen molar-refractivity contribution in [3.63, 3.8) is 0 Å². The van der Waals surface area contributed by atoms with Crippen LogP contribution in [-0.2, 0) is 13.0 Å². The van der Waals surface area contributed by atoms with Crippen LogP contribution < -0.4 is 0 Å². The Morgan fingerprint density at radius 1 is 1.38 bits per heavy atom. The predicted molar refractivity (Wildman–Crippen MR) is 58.2 cm³/mol. The van der Waals surface area contributed by atoms with Gasteiger partial charge in [0.25, 0.3) is 0 Å². The lowest BCUT2D eigenvalue weighted by atomic mass is 10.2. The van der Waals surface area contributed by atoms with Gasteiger partial charge in [-0.3, -0.25) is 0 Å². The third kappa shape index (κ3) is 2.51. The minimum absolute atomic E-state index is 1.04.